The first kappa shape index (κ1) is 18.4. The number of anilines is 2. The van der Waals surface area contributed by atoms with Crippen LogP contribution in [0.15, 0.2) is 36.4 Å². The van der Waals surface area contributed by atoms with Crippen molar-refractivity contribution >= 4 is 23.2 Å². The lowest BCUT2D eigenvalue weighted by atomic mass is 9.87. The Kier molecular flexibility index (Phi) is 5.11. The first-order valence-electron chi connectivity index (χ1n) is 7.80. The normalized spacial score (nSPS) is 11.1. The van der Waals surface area contributed by atoms with E-state index >= 15 is 0 Å². The van der Waals surface area contributed by atoms with Crippen molar-refractivity contribution in [2.45, 2.75) is 33.1 Å². The largest absolute Gasteiger partial charge is 0.506 e. The second-order valence-corrected chi connectivity index (χ2v) is 6.81. The zero-order chi connectivity index (χ0) is 18.8. The Balaban J connectivity index is 2.32. The van der Waals surface area contributed by atoms with Crippen LogP contribution in [0, 0.1) is 5.82 Å². The maximum absolute atomic E-state index is 14.0. The van der Waals surface area contributed by atoms with Gasteiger partial charge >= 0.3 is 0 Å². The average molecular weight is 344 g/mol. The van der Waals surface area contributed by atoms with Gasteiger partial charge in [0.15, 0.2) is 0 Å². The van der Waals surface area contributed by atoms with Crippen molar-refractivity contribution in [3.8, 4) is 5.75 Å². The summed E-state index contributed by atoms with van der Waals surface area (Å²) in [6.45, 7) is 7.32. The first-order chi connectivity index (χ1) is 11.6. The van der Waals surface area contributed by atoms with Crippen molar-refractivity contribution in [3.05, 3.63) is 53.3 Å². The zero-order valence-corrected chi connectivity index (χ0v) is 14.6. The van der Waals surface area contributed by atoms with Gasteiger partial charge in [-0.2, -0.15) is 0 Å². The van der Waals surface area contributed by atoms with Crippen LogP contribution in [-0.4, -0.2) is 16.9 Å². The fourth-order valence-corrected chi connectivity index (χ4v) is 2.27. The second kappa shape index (κ2) is 6.93. The van der Waals surface area contributed by atoms with Gasteiger partial charge in [-0.3, -0.25) is 9.59 Å². The third kappa shape index (κ3) is 4.56. The average Bonchev–Trinajstić information content (AvgIpc) is 2.49. The molecule has 0 aliphatic rings. The fraction of sp³-hybridized carbons (Fsp3) is 0.263. The number of aromatic hydroxyl groups is 1. The van der Waals surface area contributed by atoms with E-state index in [2.05, 4.69) is 10.6 Å². The summed E-state index contributed by atoms with van der Waals surface area (Å²) in [6, 6.07) is 8.62. The number of carbonyl (C=O) groups excluding carboxylic acids is 2. The third-order valence-electron chi connectivity index (χ3n) is 3.64. The van der Waals surface area contributed by atoms with Crippen LogP contribution in [0.2, 0.25) is 0 Å². The highest BCUT2D eigenvalue weighted by atomic mass is 19.1. The fourth-order valence-electron chi connectivity index (χ4n) is 2.27. The summed E-state index contributed by atoms with van der Waals surface area (Å²) in [6.07, 6.45) is 0. The second-order valence-electron chi connectivity index (χ2n) is 6.81. The SMILES string of the molecule is CC(=O)Nc1ccc(F)c(C(=O)Nc2cc(C(C)(C)C)ccc2O)c1. The molecule has 0 heterocycles. The van der Waals surface area contributed by atoms with E-state index < -0.39 is 11.7 Å². The summed E-state index contributed by atoms with van der Waals surface area (Å²) in [5.74, 6) is -1.88. The Morgan fingerprint density at radius 3 is 2.32 bits per heavy atom. The molecular weight excluding hydrogens is 323 g/mol. The molecule has 6 heteroatoms. The third-order valence-corrected chi connectivity index (χ3v) is 3.64. The molecule has 3 N–H and O–H groups in total. The summed E-state index contributed by atoms with van der Waals surface area (Å²) in [5, 5.41) is 15.0. The van der Waals surface area contributed by atoms with Crippen LogP contribution in [0.4, 0.5) is 15.8 Å². The molecule has 0 aliphatic heterocycles. The van der Waals surface area contributed by atoms with Gasteiger partial charge in [0.05, 0.1) is 11.3 Å². The minimum absolute atomic E-state index is 0.111. The van der Waals surface area contributed by atoms with Gasteiger partial charge in [0.1, 0.15) is 11.6 Å². The maximum Gasteiger partial charge on any atom is 0.258 e. The van der Waals surface area contributed by atoms with Crippen LogP contribution >= 0.6 is 0 Å². The van der Waals surface area contributed by atoms with Crippen molar-refractivity contribution in [3.63, 3.8) is 0 Å². The number of benzene rings is 2. The summed E-state index contributed by atoms with van der Waals surface area (Å²) in [5.41, 5.74) is 1.01. The van der Waals surface area contributed by atoms with E-state index in [0.29, 0.717) is 5.69 Å². The monoisotopic (exact) mass is 344 g/mol. The highest BCUT2D eigenvalue weighted by Crippen LogP contribution is 2.31. The first-order valence-corrected chi connectivity index (χ1v) is 7.80. The molecule has 2 aromatic rings. The number of phenols is 1. The van der Waals surface area contributed by atoms with Crippen molar-refractivity contribution in [2.24, 2.45) is 0 Å². The van der Waals surface area contributed by atoms with Gasteiger partial charge in [0.2, 0.25) is 5.91 Å². The molecule has 0 aliphatic carbocycles. The molecular formula is C19H21FN2O3. The Morgan fingerprint density at radius 2 is 1.72 bits per heavy atom. The molecule has 0 saturated heterocycles. The van der Waals surface area contributed by atoms with Gasteiger partial charge in [-0.05, 0) is 41.3 Å². The van der Waals surface area contributed by atoms with Gasteiger partial charge in [-0.25, -0.2) is 4.39 Å². The van der Waals surface area contributed by atoms with E-state index in [-0.39, 0.29) is 28.3 Å². The van der Waals surface area contributed by atoms with Crippen molar-refractivity contribution in [2.75, 3.05) is 10.6 Å². The lowest BCUT2D eigenvalue weighted by Gasteiger charge is -2.20. The molecule has 0 radical (unpaired) electrons. The summed E-state index contributed by atoms with van der Waals surface area (Å²) >= 11 is 0. The number of carbonyl (C=O) groups is 2. The van der Waals surface area contributed by atoms with Crippen molar-refractivity contribution < 1.29 is 19.1 Å². The zero-order valence-electron chi connectivity index (χ0n) is 14.6. The van der Waals surface area contributed by atoms with E-state index in [1.807, 2.05) is 20.8 Å². The van der Waals surface area contributed by atoms with Crippen LogP contribution in [0.1, 0.15) is 43.6 Å². The number of amides is 2. The molecule has 2 aromatic carbocycles. The molecule has 0 fully saturated rings. The Hall–Kier alpha value is -2.89. The van der Waals surface area contributed by atoms with Crippen LogP contribution in [0.3, 0.4) is 0 Å². The lowest BCUT2D eigenvalue weighted by molar-refractivity contribution is -0.114. The number of hydrogen-bond donors (Lipinski definition) is 3. The molecule has 2 rings (SSSR count). The molecule has 0 aromatic heterocycles. The van der Waals surface area contributed by atoms with Crippen LogP contribution in [-0.2, 0) is 10.2 Å². The van der Waals surface area contributed by atoms with Gasteiger partial charge in [-0.15, -0.1) is 0 Å². The van der Waals surface area contributed by atoms with Gasteiger partial charge in [0.25, 0.3) is 5.91 Å². The van der Waals surface area contributed by atoms with Crippen molar-refractivity contribution in [1.29, 1.82) is 0 Å². The highest BCUT2D eigenvalue weighted by molar-refractivity contribution is 6.06. The maximum atomic E-state index is 14.0. The molecule has 5 nitrogen and oxygen atoms in total. The Bertz CT molecular complexity index is 826. The van der Waals surface area contributed by atoms with Gasteiger partial charge in [-0.1, -0.05) is 26.8 Å². The number of rotatable bonds is 3. The molecule has 0 atom stereocenters. The van der Waals surface area contributed by atoms with Gasteiger partial charge < -0.3 is 15.7 Å². The summed E-state index contributed by atoms with van der Waals surface area (Å²) < 4.78 is 14.0. The number of phenolic OH excluding ortho intramolecular Hbond substituents is 1. The van der Waals surface area contributed by atoms with E-state index in [1.54, 1.807) is 12.1 Å². The summed E-state index contributed by atoms with van der Waals surface area (Å²) in [4.78, 5) is 23.5. The van der Waals surface area contributed by atoms with Crippen LogP contribution < -0.4 is 10.6 Å². The Labute approximate surface area is 145 Å². The van der Waals surface area contributed by atoms with Crippen LogP contribution in [0.5, 0.6) is 5.75 Å². The molecule has 0 spiro atoms. The molecule has 0 saturated carbocycles. The van der Waals surface area contributed by atoms with E-state index in [9.17, 15) is 19.1 Å². The van der Waals surface area contributed by atoms with Crippen molar-refractivity contribution in [1.82, 2.24) is 0 Å². The minimum atomic E-state index is -0.724. The smallest absolute Gasteiger partial charge is 0.258 e. The molecule has 132 valence electrons. The van der Waals surface area contributed by atoms with E-state index in [0.717, 1.165) is 11.6 Å². The highest BCUT2D eigenvalue weighted by Gasteiger charge is 2.18. The molecule has 0 bridgehead atoms. The van der Waals surface area contributed by atoms with E-state index in [4.69, 9.17) is 0 Å². The van der Waals surface area contributed by atoms with E-state index in [1.165, 1.54) is 25.1 Å². The number of hydrogen-bond acceptors (Lipinski definition) is 3. The quantitative estimate of drug-likeness (QED) is 0.735. The predicted octanol–water partition coefficient (Wildman–Crippen LogP) is 4.04. The topological polar surface area (TPSA) is 78.4 Å². The Morgan fingerprint density at radius 1 is 1.04 bits per heavy atom. The molecule has 2 amide bonds. The van der Waals surface area contributed by atoms with Gasteiger partial charge in [0, 0.05) is 12.6 Å². The number of halogens is 1. The van der Waals surface area contributed by atoms with Crippen LogP contribution in [0.25, 0.3) is 0 Å². The molecule has 25 heavy (non-hydrogen) atoms. The summed E-state index contributed by atoms with van der Waals surface area (Å²) in [7, 11) is 0. The lowest BCUT2D eigenvalue weighted by Crippen LogP contribution is -2.16. The standard InChI is InChI=1S/C19H21FN2O3/c1-11(23)21-13-6-7-15(20)14(10-13)18(25)22-16-9-12(19(2,3)4)5-8-17(16)24/h5-10,24H,1-4H3,(H,21,23)(H,22,25). The predicted molar refractivity (Wildman–Crippen MR) is 95.5 cm³/mol. The number of nitrogens with one attached hydrogen (secondary N) is 2. The minimum Gasteiger partial charge on any atom is -0.506 e. The molecule has 0 unspecified atom stereocenters.